The van der Waals surface area contributed by atoms with Gasteiger partial charge >= 0.3 is 5.97 Å². The van der Waals surface area contributed by atoms with Crippen molar-refractivity contribution in [2.24, 2.45) is 0 Å². The molecule has 0 saturated heterocycles. The zero-order valence-electron chi connectivity index (χ0n) is 18.1. The Kier molecular flexibility index (Phi) is 5.05. The van der Waals surface area contributed by atoms with Gasteiger partial charge in [0.05, 0.1) is 12.6 Å². The number of hydrogen-bond donors (Lipinski definition) is 1. The maximum atomic E-state index is 13.1. The first kappa shape index (κ1) is 20.7. The van der Waals surface area contributed by atoms with E-state index in [1.807, 2.05) is 48.5 Å². The highest BCUT2D eigenvalue weighted by atomic mass is 16.5. The summed E-state index contributed by atoms with van der Waals surface area (Å²) in [7, 11) is 0. The Morgan fingerprint density at radius 3 is 2.36 bits per heavy atom. The molecule has 5 rings (SSSR count). The molecule has 2 aromatic carbocycles. The zero-order chi connectivity index (χ0) is 23.1. The molecule has 0 spiro atoms. The Morgan fingerprint density at radius 2 is 1.73 bits per heavy atom. The number of amides is 1. The number of rotatable bonds is 5. The molecule has 1 N–H and O–H groups in total. The first-order valence-electron chi connectivity index (χ1n) is 10.6. The fourth-order valence-corrected chi connectivity index (χ4v) is 4.37. The molecule has 1 aliphatic carbocycles. The number of esters is 1. The number of nitrogens with one attached hydrogen (secondary N) is 1. The maximum absolute atomic E-state index is 13.1. The van der Waals surface area contributed by atoms with Crippen LogP contribution in [0.2, 0.25) is 0 Å². The molecule has 1 amide bonds. The average Bonchev–Trinajstić information content (AvgIpc) is 3.31. The monoisotopic (exact) mass is 443 g/mol. The van der Waals surface area contributed by atoms with Crippen LogP contribution in [0, 0.1) is 6.92 Å². The molecule has 2 aromatic heterocycles. The number of carbonyl (C=O) groups excluding carboxylic acids is 2. The molecule has 33 heavy (non-hydrogen) atoms. The van der Waals surface area contributed by atoms with Gasteiger partial charge in [-0.15, -0.1) is 0 Å². The molecule has 4 aromatic rings. The van der Waals surface area contributed by atoms with Gasteiger partial charge in [0.15, 0.2) is 0 Å². The van der Waals surface area contributed by atoms with E-state index in [1.165, 1.54) is 10.9 Å². The van der Waals surface area contributed by atoms with E-state index in [-0.39, 0.29) is 47.5 Å². The highest BCUT2D eigenvalue weighted by Crippen LogP contribution is 2.42. The van der Waals surface area contributed by atoms with Crippen molar-refractivity contribution in [2.45, 2.75) is 26.4 Å². The lowest BCUT2D eigenvalue weighted by molar-refractivity contribution is -0.122. The first-order valence-corrected chi connectivity index (χ1v) is 10.6. The summed E-state index contributed by atoms with van der Waals surface area (Å²) in [5, 5.41) is 3.05. The second kappa shape index (κ2) is 8.05. The standard InChI is InChI=1S/C25H21N3O5/c1-3-32-25(31)20-14(2)33-23-21(20)24(30)28(13-26-23)12-19(29)27-22-17-10-6-4-8-15(17)16-9-5-7-11-18(16)22/h4-11,13,22H,3,12H2,1-2H3,(H,27,29). The summed E-state index contributed by atoms with van der Waals surface area (Å²) in [6, 6.07) is 15.5. The summed E-state index contributed by atoms with van der Waals surface area (Å²) < 4.78 is 11.7. The quantitative estimate of drug-likeness (QED) is 0.475. The molecule has 0 aliphatic heterocycles. The summed E-state index contributed by atoms with van der Waals surface area (Å²) in [4.78, 5) is 42.6. The number of hydrogen-bond acceptors (Lipinski definition) is 6. The summed E-state index contributed by atoms with van der Waals surface area (Å²) in [6.45, 7) is 3.15. The number of fused-ring (bicyclic) bond motifs is 4. The Bertz CT molecular complexity index is 1420. The van der Waals surface area contributed by atoms with Crippen molar-refractivity contribution in [1.29, 1.82) is 0 Å². The number of nitrogens with zero attached hydrogens (tertiary/aromatic N) is 2. The summed E-state index contributed by atoms with van der Waals surface area (Å²) in [5.74, 6) is -0.767. The van der Waals surface area contributed by atoms with Crippen LogP contribution in [0.4, 0.5) is 0 Å². The Balaban J connectivity index is 1.46. The molecule has 8 nitrogen and oxygen atoms in total. The topological polar surface area (TPSA) is 103 Å². The molecular weight excluding hydrogens is 422 g/mol. The smallest absolute Gasteiger partial charge is 0.342 e. The molecule has 166 valence electrons. The summed E-state index contributed by atoms with van der Waals surface area (Å²) >= 11 is 0. The average molecular weight is 443 g/mol. The highest BCUT2D eigenvalue weighted by Gasteiger charge is 2.29. The third kappa shape index (κ3) is 3.40. The summed E-state index contributed by atoms with van der Waals surface area (Å²) in [6.07, 6.45) is 1.25. The van der Waals surface area contributed by atoms with Crippen molar-refractivity contribution in [2.75, 3.05) is 6.61 Å². The first-order chi connectivity index (χ1) is 16.0. The van der Waals surface area contributed by atoms with Crippen molar-refractivity contribution >= 4 is 23.0 Å². The molecule has 0 atom stereocenters. The van der Waals surface area contributed by atoms with Crippen LogP contribution < -0.4 is 10.9 Å². The van der Waals surface area contributed by atoms with Gasteiger partial charge in [0.1, 0.15) is 29.6 Å². The zero-order valence-corrected chi connectivity index (χ0v) is 18.1. The molecule has 2 heterocycles. The van der Waals surface area contributed by atoms with E-state index in [0.717, 1.165) is 22.3 Å². The van der Waals surface area contributed by atoms with E-state index in [4.69, 9.17) is 9.15 Å². The van der Waals surface area contributed by atoms with Gasteiger partial charge in [0.2, 0.25) is 11.6 Å². The van der Waals surface area contributed by atoms with Gasteiger partial charge in [-0.1, -0.05) is 48.5 Å². The van der Waals surface area contributed by atoms with Crippen LogP contribution in [0.25, 0.3) is 22.2 Å². The molecule has 0 bridgehead atoms. The number of aryl methyl sites for hydroxylation is 1. The normalized spacial score (nSPS) is 12.4. The maximum Gasteiger partial charge on any atom is 0.342 e. The molecule has 0 fully saturated rings. The van der Waals surface area contributed by atoms with Gasteiger partial charge in [0, 0.05) is 0 Å². The fraction of sp³-hybridized carbons (Fsp3) is 0.200. The molecule has 0 unspecified atom stereocenters. The van der Waals surface area contributed by atoms with Gasteiger partial charge in [-0.3, -0.25) is 14.2 Å². The summed E-state index contributed by atoms with van der Waals surface area (Å²) in [5.41, 5.74) is 3.69. The van der Waals surface area contributed by atoms with Crippen LogP contribution >= 0.6 is 0 Å². The number of aromatic nitrogens is 2. The lowest BCUT2D eigenvalue weighted by Crippen LogP contribution is -2.34. The van der Waals surface area contributed by atoms with Crippen LogP contribution in [-0.2, 0) is 16.1 Å². The number of benzene rings is 2. The van der Waals surface area contributed by atoms with Crippen LogP contribution in [0.1, 0.15) is 40.2 Å². The van der Waals surface area contributed by atoms with Crippen molar-refractivity contribution < 1.29 is 18.7 Å². The fourth-order valence-electron chi connectivity index (χ4n) is 4.37. The van der Waals surface area contributed by atoms with Gasteiger partial charge in [-0.05, 0) is 36.1 Å². The lowest BCUT2D eigenvalue weighted by Gasteiger charge is -2.16. The predicted octanol–water partition coefficient (Wildman–Crippen LogP) is 3.36. The van der Waals surface area contributed by atoms with E-state index in [2.05, 4.69) is 10.3 Å². The SMILES string of the molecule is CCOC(=O)c1c(C)oc2ncn(CC(=O)NC3c4ccccc4-c4ccccc43)c(=O)c12. The Hall–Kier alpha value is -4.20. The highest BCUT2D eigenvalue weighted by molar-refractivity contribution is 6.03. The van der Waals surface area contributed by atoms with Gasteiger partial charge in [0.25, 0.3) is 5.56 Å². The van der Waals surface area contributed by atoms with E-state index in [1.54, 1.807) is 13.8 Å². The second-order valence-corrected chi connectivity index (χ2v) is 7.79. The lowest BCUT2D eigenvalue weighted by atomic mass is 10.1. The third-order valence-corrected chi connectivity index (χ3v) is 5.79. The van der Waals surface area contributed by atoms with E-state index >= 15 is 0 Å². The van der Waals surface area contributed by atoms with Crippen molar-refractivity contribution in [3.63, 3.8) is 0 Å². The minimum Gasteiger partial charge on any atom is -0.462 e. The molecular formula is C25H21N3O5. The minimum absolute atomic E-state index is 0.0119. The molecule has 0 radical (unpaired) electrons. The number of carbonyl (C=O) groups is 2. The van der Waals surface area contributed by atoms with Crippen LogP contribution in [-0.4, -0.2) is 28.0 Å². The van der Waals surface area contributed by atoms with Crippen molar-refractivity contribution in [3.05, 3.63) is 87.7 Å². The van der Waals surface area contributed by atoms with E-state index < -0.39 is 11.5 Å². The van der Waals surface area contributed by atoms with Crippen LogP contribution in [0.15, 0.2) is 64.1 Å². The van der Waals surface area contributed by atoms with Crippen LogP contribution in [0.5, 0.6) is 0 Å². The van der Waals surface area contributed by atoms with Gasteiger partial charge in [-0.2, -0.15) is 0 Å². The number of ether oxygens (including phenoxy) is 1. The van der Waals surface area contributed by atoms with Gasteiger partial charge in [-0.25, -0.2) is 9.78 Å². The van der Waals surface area contributed by atoms with Crippen molar-refractivity contribution in [3.8, 4) is 11.1 Å². The van der Waals surface area contributed by atoms with E-state index in [0.29, 0.717) is 0 Å². The van der Waals surface area contributed by atoms with Crippen LogP contribution in [0.3, 0.4) is 0 Å². The van der Waals surface area contributed by atoms with Gasteiger partial charge < -0.3 is 14.5 Å². The molecule has 0 saturated carbocycles. The largest absolute Gasteiger partial charge is 0.462 e. The van der Waals surface area contributed by atoms with Crippen molar-refractivity contribution in [1.82, 2.24) is 14.9 Å². The predicted molar refractivity (Wildman–Crippen MR) is 121 cm³/mol. The number of furan rings is 1. The second-order valence-electron chi connectivity index (χ2n) is 7.79. The minimum atomic E-state index is -0.658. The Morgan fingerprint density at radius 1 is 1.09 bits per heavy atom. The Labute approximate surface area is 188 Å². The third-order valence-electron chi connectivity index (χ3n) is 5.79. The molecule has 1 aliphatic rings. The molecule has 8 heteroatoms. The van der Waals surface area contributed by atoms with E-state index in [9.17, 15) is 14.4 Å².